The molecule has 0 saturated carbocycles. The third kappa shape index (κ3) is 3.66. The predicted octanol–water partition coefficient (Wildman–Crippen LogP) is 3.97. The van der Waals surface area contributed by atoms with E-state index in [9.17, 15) is 8.42 Å². The van der Waals surface area contributed by atoms with Gasteiger partial charge < -0.3 is 4.74 Å². The van der Waals surface area contributed by atoms with E-state index >= 15 is 0 Å². The average Bonchev–Trinajstić information content (AvgIpc) is 3.03. The van der Waals surface area contributed by atoms with Crippen LogP contribution in [0.1, 0.15) is 17.5 Å². The summed E-state index contributed by atoms with van der Waals surface area (Å²) in [5, 5.41) is 0.688. The Hall–Kier alpha value is -1.62. The zero-order valence-electron chi connectivity index (χ0n) is 12.8. The van der Waals surface area contributed by atoms with Crippen LogP contribution in [0.25, 0.3) is 5.57 Å². The minimum Gasteiger partial charge on any atom is -0.377 e. The van der Waals surface area contributed by atoms with E-state index in [4.69, 9.17) is 16.3 Å². The average molecular weight is 349 g/mol. The van der Waals surface area contributed by atoms with Crippen LogP contribution in [-0.2, 0) is 14.6 Å². The standard InChI is InChI=1S/C18H17ClO3S/c1-23(20,21)17-8-4-14(5-9-17)18(15-10-11-22-12-15)13-2-6-16(19)7-3-13/h2-9H,10-12H2,1H3/b18-15+. The Bertz CT molecular complexity index is 827. The lowest BCUT2D eigenvalue weighted by Gasteiger charge is -2.13. The first kappa shape index (κ1) is 16.2. The van der Waals surface area contributed by atoms with Crippen molar-refractivity contribution in [2.24, 2.45) is 0 Å². The third-order valence-electron chi connectivity index (χ3n) is 3.88. The molecule has 0 aromatic heterocycles. The van der Waals surface area contributed by atoms with Crippen molar-refractivity contribution < 1.29 is 13.2 Å². The minimum atomic E-state index is -3.19. The van der Waals surface area contributed by atoms with Gasteiger partial charge in [-0.25, -0.2) is 8.42 Å². The summed E-state index contributed by atoms with van der Waals surface area (Å²) >= 11 is 5.99. The molecule has 1 aliphatic heterocycles. The molecule has 120 valence electrons. The molecule has 0 unspecified atom stereocenters. The van der Waals surface area contributed by atoms with Crippen molar-refractivity contribution in [2.75, 3.05) is 19.5 Å². The second kappa shape index (κ2) is 6.48. The van der Waals surface area contributed by atoms with Gasteiger partial charge >= 0.3 is 0 Å². The van der Waals surface area contributed by atoms with E-state index in [1.165, 1.54) is 11.8 Å². The second-order valence-corrected chi connectivity index (χ2v) is 8.04. The molecule has 0 N–H and O–H groups in total. The van der Waals surface area contributed by atoms with Crippen LogP contribution in [0, 0.1) is 0 Å². The quantitative estimate of drug-likeness (QED) is 0.843. The molecular weight excluding hydrogens is 332 g/mol. The number of sulfone groups is 1. The highest BCUT2D eigenvalue weighted by Crippen LogP contribution is 2.32. The third-order valence-corrected chi connectivity index (χ3v) is 5.26. The van der Waals surface area contributed by atoms with Crippen LogP contribution >= 0.6 is 11.6 Å². The molecule has 1 heterocycles. The number of benzene rings is 2. The molecule has 3 nitrogen and oxygen atoms in total. The van der Waals surface area contributed by atoms with E-state index in [2.05, 4.69) is 0 Å². The lowest BCUT2D eigenvalue weighted by atomic mass is 9.92. The summed E-state index contributed by atoms with van der Waals surface area (Å²) in [5.74, 6) is 0. The molecule has 0 radical (unpaired) electrons. The van der Waals surface area contributed by atoms with Crippen molar-refractivity contribution in [2.45, 2.75) is 11.3 Å². The normalized spacial score (nSPS) is 17.3. The fourth-order valence-corrected chi connectivity index (χ4v) is 3.48. The fourth-order valence-electron chi connectivity index (χ4n) is 2.72. The summed E-state index contributed by atoms with van der Waals surface area (Å²) in [6.45, 7) is 1.32. The molecule has 0 amide bonds. The lowest BCUT2D eigenvalue weighted by molar-refractivity contribution is 0.205. The summed E-state index contributed by atoms with van der Waals surface area (Å²) in [5.41, 5.74) is 4.36. The van der Waals surface area contributed by atoms with E-state index in [1.807, 2.05) is 36.4 Å². The highest BCUT2D eigenvalue weighted by atomic mass is 35.5. The Morgan fingerprint density at radius 1 is 1.00 bits per heavy atom. The molecule has 23 heavy (non-hydrogen) atoms. The monoisotopic (exact) mass is 348 g/mol. The van der Waals surface area contributed by atoms with Crippen molar-refractivity contribution in [1.82, 2.24) is 0 Å². The zero-order valence-corrected chi connectivity index (χ0v) is 14.3. The Labute approximate surface area is 141 Å². The van der Waals surface area contributed by atoms with Crippen LogP contribution < -0.4 is 0 Å². The van der Waals surface area contributed by atoms with Crippen LogP contribution in [0.2, 0.25) is 5.02 Å². The molecule has 5 heteroatoms. The van der Waals surface area contributed by atoms with Crippen molar-refractivity contribution >= 4 is 27.0 Å². The number of ether oxygens (including phenoxy) is 1. The molecule has 0 bridgehead atoms. The molecule has 3 rings (SSSR count). The largest absolute Gasteiger partial charge is 0.377 e. The van der Waals surface area contributed by atoms with Crippen LogP contribution in [-0.4, -0.2) is 27.9 Å². The van der Waals surface area contributed by atoms with Crippen molar-refractivity contribution in [3.8, 4) is 0 Å². The summed E-state index contributed by atoms with van der Waals surface area (Å²) < 4.78 is 28.8. The second-order valence-electron chi connectivity index (χ2n) is 5.58. The summed E-state index contributed by atoms with van der Waals surface area (Å²) in [6.07, 6.45) is 2.09. The van der Waals surface area contributed by atoms with E-state index in [0.717, 1.165) is 23.1 Å². The van der Waals surface area contributed by atoms with Gasteiger partial charge in [0.15, 0.2) is 9.84 Å². The van der Waals surface area contributed by atoms with Gasteiger partial charge in [0, 0.05) is 11.3 Å². The van der Waals surface area contributed by atoms with Gasteiger partial charge in [-0.05, 0) is 53.0 Å². The summed E-state index contributed by atoms with van der Waals surface area (Å²) in [7, 11) is -3.19. The van der Waals surface area contributed by atoms with Crippen LogP contribution in [0.4, 0.5) is 0 Å². The Morgan fingerprint density at radius 2 is 1.57 bits per heavy atom. The Morgan fingerprint density at radius 3 is 2.04 bits per heavy atom. The number of halogens is 1. The first-order valence-corrected chi connectivity index (χ1v) is 9.58. The minimum absolute atomic E-state index is 0.323. The molecule has 2 aromatic rings. The number of hydrogen-bond acceptors (Lipinski definition) is 3. The highest BCUT2D eigenvalue weighted by molar-refractivity contribution is 7.90. The molecule has 1 fully saturated rings. The first-order valence-electron chi connectivity index (χ1n) is 7.31. The zero-order chi connectivity index (χ0) is 16.4. The number of hydrogen-bond donors (Lipinski definition) is 0. The SMILES string of the molecule is CS(=O)(=O)c1ccc(/C(=C2\CCOC2)c2ccc(Cl)cc2)cc1. The molecular formula is C18H17ClO3S. The maximum absolute atomic E-state index is 11.6. The highest BCUT2D eigenvalue weighted by Gasteiger charge is 2.17. The van der Waals surface area contributed by atoms with Crippen molar-refractivity contribution in [1.29, 1.82) is 0 Å². The molecule has 0 aliphatic carbocycles. The lowest BCUT2D eigenvalue weighted by Crippen LogP contribution is -1.99. The summed E-state index contributed by atoms with van der Waals surface area (Å²) in [4.78, 5) is 0.323. The molecule has 0 spiro atoms. The van der Waals surface area contributed by atoms with Crippen molar-refractivity contribution in [3.63, 3.8) is 0 Å². The number of rotatable bonds is 3. The topological polar surface area (TPSA) is 43.4 Å². The fraction of sp³-hybridized carbons (Fsp3) is 0.222. The summed E-state index contributed by atoms with van der Waals surface area (Å²) in [6, 6.07) is 14.7. The van der Waals surface area contributed by atoms with E-state index in [-0.39, 0.29) is 0 Å². The smallest absolute Gasteiger partial charge is 0.175 e. The van der Waals surface area contributed by atoms with Gasteiger partial charge in [-0.2, -0.15) is 0 Å². The first-order chi connectivity index (χ1) is 10.9. The van der Waals surface area contributed by atoms with Gasteiger partial charge in [-0.1, -0.05) is 35.9 Å². The van der Waals surface area contributed by atoms with Gasteiger partial charge in [0.05, 0.1) is 18.1 Å². The van der Waals surface area contributed by atoms with Gasteiger partial charge in [0.2, 0.25) is 0 Å². The van der Waals surface area contributed by atoms with Gasteiger partial charge in [0.1, 0.15) is 0 Å². The van der Waals surface area contributed by atoms with E-state index in [0.29, 0.717) is 23.1 Å². The Balaban J connectivity index is 2.09. The molecule has 0 atom stereocenters. The van der Waals surface area contributed by atoms with Crippen LogP contribution in [0.3, 0.4) is 0 Å². The van der Waals surface area contributed by atoms with Crippen molar-refractivity contribution in [3.05, 3.63) is 70.3 Å². The molecule has 1 saturated heterocycles. The van der Waals surface area contributed by atoms with E-state index < -0.39 is 9.84 Å². The predicted molar refractivity (Wildman–Crippen MR) is 92.5 cm³/mol. The van der Waals surface area contributed by atoms with Gasteiger partial charge in [0.25, 0.3) is 0 Å². The molecule has 1 aliphatic rings. The van der Waals surface area contributed by atoms with Gasteiger partial charge in [-0.15, -0.1) is 0 Å². The van der Waals surface area contributed by atoms with E-state index in [1.54, 1.807) is 12.1 Å². The van der Waals surface area contributed by atoms with Crippen LogP contribution in [0.15, 0.2) is 59.0 Å². The maximum Gasteiger partial charge on any atom is 0.175 e. The molecule has 2 aromatic carbocycles. The Kier molecular flexibility index (Phi) is 4.57. The van der Waals surface area contributed by atoms with Gasteiger partial charge in [-0.3, -0.25) is 0 Å². The van der Waals surface area contributed by atoms with Crippen LogP contribution in [0.5, 0.6) is 0 Å². The maximum atomic E-state index is 11.6.